The average molecular weight is 357 g/mol. The summed E-state index contributed by atoms with van der Waals surface area (Å²) in [5.74, 6) is 0.323. The summed E-state index contributed by atoms with van der Waals surface area (Å²) in [4.78, 5) is 12.1. The predicted octanol–water partition coefficient (Wildman–Crippen LogP) is 4.13. The summed E-state index contributed by atoms with van der Waals surface area (Å²) in [6.45, 7) is 0.492. The molecule has 0 spiro atoms. The molecule has 0 atom stereocenters. The molecule has 0 saturated carbocycles. The Morgan fingerprint density at radius 2 is 1.56 bits per heavy atom. The van der Waals surface area contributed by atoms with Gasteiger partial charge in [-0.1, -0.05) is 23.7 Å². The van der Waals surface area contributed by atoms with Crippen LogP contribution >= 0.6 is 11.6 Å². The van der Waals surface area contributed by atoms with E-state index in [1.54, 1.807) is 48.5 Å². The number of halogens is 2. The second kappa shape index (κ2) is 7.72. The first-order valence-corrected chi connectivity index (χ1v) is 7.87. The summed E-state index contributed by atoms with van der Waals surface area (Å²) in [6, 6.07) is 16.1. The van der Waals surface area contributed by atoms with Gasteiger partial charge in [-0.25, -0.2) is 4.39 Å². The molecule has 5 nitrogen and oxygen atoms in total. The van der Waals surface area contributed by atoms with Crippen LogP contribution in [0.2, 0.25) is 5.02 Å². The van der Waals surface area contributed by atoms with E-state index in [4.69, 9.17) is 11.6 Å². The second-order valence-corrected chi connectivity index (χ2v) is 5.68. The topological polar surface area (TPSA) is 66.9 Å². The largest absolute Gasteiger partial charge is 0.365 e. The van der Waals surface area contributed by atoms with Crippen molar-refractivity contribution >= 4 is 29.1 Å². The van der Waals surface area contributed by atoms with Crippen LogP contribution in [0.1, 0.15) is 15.9 Å². The molecule has 0 aliphatic carbocycles. The Hall–Kier alpha value is -2.99. The molecule has 1 aromatic heterocycles. The van der Waals surface area contributed by atoms with Gasteiger partial charge >= 0.3 is 0 Å². The number of benzene rings is 2. The van der Waals surface area contributed by atoms with Gasteiger partial charge in [-0.3, -0.25) is 4.79 Å². The van der Waals surface area contributed by atoms with E-state index in [2.05, 4.69) is 20.8 Å². The van der Waals surface area contributed by atoms with Crippen molar-refractivity contribution in [3.63, 3.8) is 0 Å². The Labute approximate surface area is 148 Å². The molecule has 2 N–H and O–H groups in total. The van der Waals surface area contributed by atoms with Crippen molar-refractivity contribution in [1.29, 1.82) is 0 Å². The highest BCUT2D eigenvalue weighted by molar-refractivity contribution is 6.30. The molecule has 25 heavy (non-hydrogen) atoms. The van der Waals surface area contributed by atoms with Crippen LogP contribution in [-0.2, 0) is 6.54 Å². The number of anilines is 2. The van der Waals surface area contributed by atoms with Crippen molar-refractivity contribution in [2.75, 3.05) is 10.6 Å². The van der Waals surface area contributed by atoms with E-state index in [0.717, 1.165) is 5.56 Å². The number of carbonyl (C=O) groups excluding carboxylic acids is 1. The van der Waals surface area contributed by atoms with Crippen LogP contribution in [0.4, 0.5) is 16.0 Å². The van der Waals surface area contributed by atoms with E-state index in [-0.39, 0.29) is 11.7 Å². The third kappa shape index (κ3) is 4.74. The molecule has 126 valence electrons. The molecular weight excluding hydrogens is 343 g/mol. The molecule has 3 rings (SSSR count). The van der Waals surface area contributed by atoms with Crippen molar-refractivity contribution in [3.05, 3.63) is 82.6 Å². The number of hydrogen-bond donors (Lipinski definition) is 2. The average Bonchev–Trinajstić information content (AvgIpc) is 2.63. The van der Waals surface area contributed by atoms with Crippen LogP contribution in [0, 0.1) is 5.82 Å². The number of amides is 1. The molecule has 0 fully saturated rings. The number of nitrogens with zero attached hydrogens (tertiary/aromatic N) is 2. The molecule has 3 aromatic rings. The summed E-state index contributed by atoms with van der Waals surface area (Å²) in [5, 5.41) is 14.3. The smallest absolute Gasteiger partial charge is 0.256 e. The third-order valence-electron chi connectivity index (χ3n) is 3.40. The second-order valence-electron chi connectivity index (χ2n) is 5.24. The van der Waals surface area contributed by atoms with E-state index < -0.39 is 0 Å². The Morgan fingerprint density at radius 3 is 2.20 bits per heavy atom. The zero-order valence-corrected chi connectivity index (χ0v) is 13.8. The van der Waals surface area contributed by atoms with Gasteiger partial charge < -0.3 is 10.6 Å². The standard InChI is InChI=1S/C18H14ClFN4O/c19-14-5-3-13(4-6-14)18(25)22-17-10-9-16(23-24-17)21-11-12-1-7-15(20)8-2-12/h1-10H,11H2,(H,21,23)(H,22,24,25). The molecule has 0 aliphatic rings. The van der Waals surface area contributed by atoms with Crippen molar-refractivity contribution in [3.8, 4) is 0 Å². The van der Waals surface area contributed by atoms with Crippen LogP contribution in [0.25, 0.3) is 0 Å². The van der Waals surface area contributed by atoms with Gasteiger partial charge in [-0.05, 0) is 54.1 Å². The van der Waals surface area contributed by atoms with E-state index in [0.29, 0.717) is 28.8 Å². The van der Waals surface area contributed by atoms with Gasteiger partial charge in [0.2, 0.25) is 0 Å². The SMILES string of the molecule is O=C(Nc1ccc(NCc2ccc(F)cc2)nn1)c1ccc(Cl)cc1. The van der Waals surface area contributed by atoms with E-state index in [1.807, 2.05) is 0 Å². The molecule has 2 aromatic carbocycles. The van der Waals surface area contributed by atoms with Crippen LogP contribution in [0.3, 0.4) is 0 Å². The maximum atomic E-state index is 12.9. The molecule has 1 amide bonds. The van der Waals surface area contributed by atoms with Gasteiger partial charge in [0.25, 0.3) is 5.91 Å². The molecule has 0 radical (unpaired) electrons. The summed E-state index contributed by atoms with van der Waals surface area (Å²) in [5.41, 5.74) is 1.40. The van der Waals surface area contributed by atoms with Gasteiger partial charge in [0, 0.05) is 17.1 Å². The highest BCUT2D eigenvalue weighted by Crippen LogP contribution is 2.12. The van der Waals surface area contributed by atoms with Crippen LogP contribution < -0.4 is 10.6 Å². The zero-order chi connectivity index (χ0) is 17.6. The zero-order valence-electron chi connectivity index (χ0n) is 13.0. The van der Waals surface area contributed by atoms with E-state index in [9.17, 15) is 9.18 Å². The van der Waals surface area contributed by atoms with Crippen LogP contribution in [0.15, 0.2) is 60.7 Å². The third-order valence-corrected chi connectivity index (χ3v) is 3.65. The number of nitrogens with one attached hydrogen (secondary N) is 2. The summed E-state index contributed by atoms with van der Waals surface area (Å²) >= 11 is 5.80. The van der Waals surface area contributed by atoms with Gasteiger partial charge in [-0.15, -0.1) is 10.2 Å². The number of carbonyl (C=O) groups is 1. The molecule has 7 heteroatoms. The predicted molar refractivity (Wildman–Crippen MR) is 95.2 cm³/mol. The fourth-order valence-electron chi connectivity index (χ4n) is 2.08. The van der Waals surface area contributed by atoms with Crippen LogP contribution in [-0.4, -0.2) is 16.1 Å². The van der Waals surface area contributed by atoms with Crippen LogP contribution in [0.5, 0.6) is 0 Å². The van der Waals surface area contributed by atoms with Gasteiger partial charge in [-0.2, -0.15) is 0 Å². The Balaban J connectivity index is 1.57. The Kier molecular flexibility index (Phi) is 5.20. The monoisotopic (exact) mass is 356 g/mol. The number of aromatic nitrogens is 2. The number of rotatable bonds is 5. The lowest BCUT2D eigenvalue weighted by Gasteiger charge is -2.07. The summed E-state index contributed by atoms with van der Waals surface area (Å²) < 4.78 is 12.9. The molecule has 0 saturated heterocycles. The molecule has 1 heterocycles. The fourth-order valence-corrected chi connectivity index (χ4v) is 2.20. The highest BCUT2D eigenvalue weighted by Gasteiger charge is 2.07. The fraction of sp³-hybridized carbons (Fsp3) is 0.0556. The lowest BCUT2D eigenvalue weighted by molar-refractivity contribution is 0.102. The van der Waals surface area contributed by atoms with E-state index in [1.165, 1.54) is 12.1 Å². The molecule has 0 bridgehead atoms. The minimum Gasteiger partial charge on any atom is -0.365 e. The first kappa shape index (κ1) is 16.9. The Morgan fingerprint density at radius 1 is 0.920 bits per heavy atom. The number of hydrogen-bond acceptors (Lipinski definition) is 4. The summed E-state index contributed by atoms with van der Waals surface area (Å²) in [7, 11) is 0. The van der Waals surface area contributed by atoms with E-state index >= 15 is 0 Å². The maximum absolute atomic E-state index is 12.9. The quantitative estimate of drug-likeness (QED) is 0.721. The van der Waals surface area contributed by atoms with Gasteiger partial charge in [0.1, 0.15) is 11.6 Å². The first-order chi connectivity index (χ1) is 12.1. The molecular formula is C18H14ClFN4O. The normalized spacial score (nSPS) is 10.3. The maximum Gasteiger partial charge on any atom is 0.256 e. The lowest BCUT2D eigenvalue weighted by atomic mass is 10.2. The van der Waals surface area contributed by atoms with Gasteiger partial charge in [0.05, 0.1) is 0 Å². The lowest BCUT2D eigenvalue weighted by Crippen LogP contribution is -2.13. The minimum atomic E-state index is -0.294. The van der Waals surface area contributed by atoms with Crippen molar-refractivity contribution in [2.45, 2.75) is 6.54 Å². The Bertz CT molecular complexity index is 852. The molecule has 0 aliphatic heterocycles. The highest BCUT2D eigenvalue weighted by atomic mass is 35.5. The summed E-state index contributed by atoms with van der Waals surface area (Å²) in [6.07, 6.45) is 0. The van der Waals surface area contributed by atoms with Crippen molar-refractivity contribution in [2.24, 2.45) is 0 Å². The van der Waals surface area contributed by atoms with Crippen molar-refractivity contribution < 1.29 is 9.18 Å². The van der Waals surface area contributed by atoms with Crippen molar-refractivity contribution in [1.82, 2.24) is 10.2 Å². The van der Waals surface area contributed by atoms with Gasteiger partial charge in [0.15, 0.2) is 5.82 Å². The minimum absolute atomic E-state index is 0.274. The molecule has 0 unspecified atom stereocenters. The first-order valence-electron chi connectivity index (χ1n) is 7.49.